The summed E-state index contributed by atoms with van der Waals surface area (Å²) in [6.07, 6.45) is 4.31. The molecule has 156 valence electrons. The van der Waals surface area contributed by atoms with E-state index < -0.39 is 4.92 Å². The maximum atomic E-state index is 11.5. The van der Waals surface area contributed by atoms with Gasteiger partial charge >= 0.3 is 5.69 Å². The van der Waals surface area contributed by atoms with E-state index in [9.17, 15) is 10.1 Å². The van der Waals surface area contributed by atoms with E-state index in [4.69, 9.17) is 19.4 Å². The highest BCUT2D eigenvalue weighted by atomic mass is 32.1. The molecular formula is C21H22N4O4S. The number of hydrogen-bond acceptors (Lipinski definition) is 8. The molecule has 2 aromatic heterocycles. The fourth-order valence-electron chi connectivity index (χ4n) is 4.07. The minimum atomic E-state index is -0.425. The molecule has 0 unspecified atom stereocenters. The van der Waals surface area contributed by atoms with Crippen LogP contribution in [0.25, 0.3) is 10.2 Å². The highest BCUT2D eigenvalue weighted by molar-refractivity contribution is 7.18. The van der Waals surface area contributed by atoms with Crippen LogP contribution in [0.3, 0.4) is 0 Å². The van der Waals surface area contributed by atoms with Crippen LogP contribution in [0.2, 0.25) is 0 Å². The molecule has 1 aliphatic heterocycles. The minimum absolute atomic E-state index is 0.0666. The largest absolute Gasteiger partial charge is 0.431 e. The Balaban J connectivity index is 1.59. The minimum Gasteiger partial charge on any atom is -0.431 e. The first kappa shape index (κ1) is 19.3. The highest BCUT2D eigenvalue weighted by Gasteiger charge is 2.25. The summed E-state index contributed by atoms with van der Waals surface area (Å²) in [6.45, 7) is 3.69. The maximum absolute atomic E-state index is 11.5. The lowest BCUT2D eigenvalue weighted by molar-refractivity contribution is -0.385. The summed E-state index contributed by atoms with van der Waals surface area (Å²) in [6, 6.07) is 6.44. The van der Waals surface area contributed by atoms with E-state index in [0.29, 0.717) is 31.5 Å². The number of morpholine rings is 1. The van der Waals surface area contributed by atoms with Crippen molar-refractivity contribution in [2.75, 3.05) is 26.3 Å². The van der Waals surface area contributed by atoms with Gasteiger partial charge in [-0.1, -0.05) is 12.1 Å². The standard InChI is InChI=1S/C21H22N4O4S/c26-25(27)15-6-2-3-7-16(15)29-20-19-14-5-1-4-8-17(14)30-21(19)23-18(22-20)13-24-9-11-28-12-10-24/h2-3,6-7H,1,4-5,8-13H2. The molecule has 0 N–H and O–H groups in total. The Hall–Kier alpha value is -2.62. The van der Waals surface area contributed by atoms with Crippen LogP contribution in [0, 0.1) is 10.1 Å². The second-order valence-corrected chi connectivity index (χ2v) is 8.64. The van der Waals surface area contributed by atoms with Gasteiger partial charge in [0.05, 0.1) is 30.1 Å². The van der Waals surface area contributed by atoms with E-state index in [2.05, 4.69) is 4.90 Å². The van der Waals surface area contributed by atoms with Crippen LogP contribution < -0.4 is 4.74 Å². The Labute approximate surface area is 177 Å². The molecule has 1 aliphatic carbocycles. The van der Waals surface area contributed by atoms with Gasteiger partial charge in [-0.3, -0.25) is 15.0 Å². The number of hydrogen-bond donors (Lipinski definition) is 0. The van der Waals surface area contributed by atoms with Crippen molar-refractivity contribution < 1.29 is 14.4 Å². The van der Waals surface area contributed by atoms with Crippen molar-refractivity contribution >= 4 is 27.2 Å². The molecule has 30 heavy (non-hydrogen) atoms. The zero-order chi connectivity index (χ0) is 20.5. The predicted octanol–water partition coefficient (Wildman–Crippen LogP) is 4.10. The van der Waals surface area contributed by atoms with E-state index in [1.807, 2.05) is 0 Å². The third-order valence-corrected chi connectivity index (χ3v) is 6.75. The molecule has 2 aliphatic rings. The number of aryl methyl sites for hydroxylation is 2. The summed E-state index contributed by atoms with van der Waals surface area (Å²) >= 11 is 1.70. The van der Waals surface area contributed by atoms with Crippen molar-refractivity contribution in [2.24, 2.45) is 0 Å². The van der Waals surface area contributed by atoms with Gasteiger partial charge in [0.15, 0.2) is 0 Å². The number of nitro benzene ring substituents is 1. The van der Waals surface area contributed by atoms with Crippen molar-refractivity contribution in [1.29, 1.82) is 0 Å². The molecule has 1 aromatic carbocycles. The van der Waals surface area contributed by atoms with Crippen LogP contribution in [0.1, 0.15) is 29.1 Å². The summed E-state index contributed by atoms with van der Waals surface area (Å²) in [5.74, 6) is 1.31. The molecule has 0 atom stereocenters. The van der Waals surface area contributed by atoms with E-state index >= 15 is 0 Å². The van der Waals surface area contributed by atoms with Crippen LogP contribution in [0.5, 0.6) is 11.6 Å². The number of para-hydroxylation sites is 2. The second kappa shape index (κ2) is 8.25. The fraction of sp³-hybridized carbons (Fsp3) is 0.429. The maximum Gasteiger partial charge on any atom is 0.311 e. The van der Waals surface area contributed by atoms with Crippen LogP contribution in [-0.4, -0.2) is 46.1 Å². The van der Waals surface area contributed by atoms with Crippen molar-refractivity contribution in [1.82, 2.24) is 14.9 Å². The lowest BCUT2D eigenvalue weighted by Gasteiger charge is -2.25. The second-order valence-electron chi connectivity index (χ2n) is 7.55. The average Bonchev–Trinajstić information content (AvgIpc) is 3.13. The fourth-order valence-corrected chi connectivity index (χ4v) is 5.34. The number of thiophene rings is 1. The van der Waals surface area contributed by atoms with Crippen molar-refractivity contribution in [3.8, 4) is 11.6 Å². The Bertz CT molecular complexity index is 1090. The normalized spacial score (nSPS) is 17.1. The summed E-state index contributed by atoms with van der Waals surface area (Å²) in [5.41, 5.74) is 1.18. The van der Waals surface area contributed by atoms with Gasteiger partial charge in [-0.15, -0.1) is 11.3 Å². The molecule has 0 spiro atoms. The van der Waals surface area contributed by atoms with E-state index in [-0.39, 0.29) is 11.4 Å². The third-order valence-electron chi connectivity index (χ3n) is 5.57. The number of rotatable bonds is 5. The van der Waals surface area contributed by atoms with E-state index in [0.717, 1.165) is 42.6 Å². The number of fused-ring (bicyclic) bond motifs is 3. The Morgan fingerprint density at radius 1 is 1.17 bits per heavy atom. The summed E-state index contributed by atoms with van der Waals surface area (Å²) < 4.78 is 11.5. The lowest BCUT2D eigenvalue weighted by Crippen LogP contribution is -2.36. The first-order valence-corrected chi connectivity index (χ1v) is 11.0. The van der Waals surface area contributed by atoms with E-state index in [1.54, 1.807) is 29.5 Å². The molecule has 0 radical (unpaired) electrons. The van der Waals surface area contributed by atoms with Crippen molar-refractivity contribution in [3.63, 3.8) is 0 Å². The van der Waals surface area contributed by atoms with Crippen molar-refractivity contribution in [2.45, 2.75) is 32.2 Å². The Morgan fingerprint density at radius 2 is 1.97 bits per heavy atom. The van der Waals surface area contributed by atoms with E-state index in [1.165, 1.54) is 22.9 Å². The van der Waals surface area contributed by atoms with Crippen LogP contribution >= 0.6 is 11.3 Å². The van der Waals surface area contributed by atoms with Crippen LogP contribution in [0.15, 0.2) is 24.3 Å². The topological polar surface area (TPSA) is 90.6 Å². The molecular weight excluding hydrogens is 404 g/mol. The van der Waals surface area contributed by atoms with Gasteiger partial charge in [0.2, 0.25) is 11.6 Å². The summed E-state index contributed by atoms with van der Waals surface area (Å²) in [5, 5.41) is 12.4. The quantitative estimate of drug-likeness (QED) is 0.448. The van der Waals surface area contributed by atoms with Gasteiger partial charge in [-0.25, -0.2) is 4.98 Å². The Morgan fingerprint density at radius 3 is 2.80 bits per heavy atom. The Kier molecular flexibility index (Phi) is 5.32. The monoisotopic (exact) mass is 426 g/mol. The molecule has 3 aromatic rings. The highest BCUT2D eigenvalue weighted by Crippen LogP contribution is 2.42. The summed E-state index contributed by atoms with van der Waals surface area (Å²) in [4.78, 5) is 25.1. The van der Waals surface area contributed by atoms with Crippen LogP contribution in [0.4, 0.5) is 5.69 Å². The first-order chi connectivity index (χ1) is 14.7. The van der Waals surface area contributed by atoms with Gasteiger partial charge in [0.25, 0.3) is 0 Å². The lowest BCUT2D eigenvalue weighted by atomic mass is 9.97. The van der Waals surface area contributed by atoms with Crippen molar-refractivity contribution in [3.05, 3.63) is 50.6 Å². The van der Waals surface area contributed by atoms with Gasteiger partial charge in [-0.05, 0) is 37.3 Å². The number of nitrogens with zero attached hydrogens (tertiary/aromatic N) is 4. The number of nitro groups is 1. The number of benzene rings is 1. The molecule has 0 amide bonds. The molecule has 1 saturated heterocycles. The average molecular weight is 426 g/mol. The first-order valence-electron chi connectivity index (χ1n) is 10.2. The zero-order valence-corrected chi connectivity index (χ0v) is 17.3. The number of ether oxygens (including phenoxy) is 2. The number of aromatic nitrogens is 2. The smallest absolute Gasteiger partial charge is 0.311 e. The van der Waals surface area contributed by atoms with Crippen LogP contribution in [-0.2, 0) is 24.1 Å². The zero-order valence-electron chi connectivity index (χ0n) is 16.5. The molecule has 0 bridgehead atoms. The molecule has 0 saturated carbocycles. The van der Waals surface area contributed by atoms with Gasteiger partial charge in [-0.2, -0.15) is 4.98 Å². The third kappa shape index (κ3) is 3.76. The SMILES string of the molecule is O=[N+]([O-])c1ccccc1Oc1nc(CN2CCOCC2)nc2sc3c(c12)CCCC3. The van der Waals surface area contributed by atoms with Gasteiger partial charge in [0, 0.05) is 24.0 Å². The summed E-state index contributed by atoms with van der Waals surface area (Å²) in [7, 11) is 0. The molecule has 8 nitrogen and oxygen atoms in total. The molecule has 9 heteroatoms. The molecule has 1 fully saturated rings. The van der Waals surface area contributed by atoms with Gasteiger partial charge < -0.3 is 9.47 Å². The molecule has 3 heterocycles. The molecule has 5 rings (SSSR count). The predicted molar refractivity (Wildman–Crippen MR) is 113 cm³/mol. The van der Waals surface area contributed by atoms with Gasteiger partial charge in [0.1, 0.15) is 10.7 Å².